The van der Waals surface area contributed by atoms with Gasteiger partial charge in [0.25, 0.3) is 5.91 Å². The molecule has 0 unspecified atom stereocenters. The largest absolute Gasteiger partial charge is 0.338 e. The highest BCUT2D eigenvalue weighted by atomic mass is 32.1. The van der Waals surface area contributed by atoms with Crippen molar-refractivity contribution in [2.75, 3.05) is 25.0 Å². The van der Waals surface area contributed by atoms with E-state index in [1.54, 1.807) is 24.5 Å². The molecule has 3 rings (SSSR count). The fourth-order valence-corrected chi connectivity index (χ4v) is 4.05. The van der Waals surface area contributed by atoms with Crippen LogP contribution in [0.2, 0.25) is 0 Å². The van der Waals surface area contributed by atoms with Crippen LogP contribution in [0, 0.1) is 5.92 Å². The third-order valence-electron chi connectivity index (χ3n) is 4.82. The second-order valence-electron chi connectivity index (χ2n) is 6.85. The first kappa shape index (κ1) is 19.4. The minimum atomic E-state index is -0.181. The number of amides is 3. The van der Waals surface area contributed by atoms with Crippen molar-refractivity contribution in [3.8, 4) is 0 Å². The van der Waals surface area contributed by atoms with Crippen LogP contribution >= 0.6 is 11.3 Å². The summed E-state index contributed by atoms with van der Waals surface area (Å²) >= 11 is 1.51. The van der Waals surface area contributed by atoms with Gasteiger partial charge in [-0.3, -0.25) is 9.78 Å². The van der Waals surface area contributed by atoms with Crippen molar-refractivity contribution in [1.29, 1.82) is 0 Å². The molecule has 2 N–H and O–H groups in total. The second-order valence-corrected chi connectivity index (χ2v) is 7.80. The van der Waals surface area contributed by atoms with Crippen molar-refractivity contribution in [2.45, 2.75) is 32.1 Å². The van der Waals surface area contributed by atoms with Crippen LogP contribution < -0.4 is 10.6 Å². The number of unbranched alkanes of at least 4 members (excludes halogenated alkanes) is 2. The lowest BCUT2D eigenvalue weighted by atomic mass is 10.0. The summed E-state index contributed by atoms with van der Waals surface area (Å²) in [5, 5.41) is 7.60. The first-order chi connectivity index (χ1) is 13.2. The molecule has 27 heavy (non-hydrogen) atoms. The molecule has 1 aliphatic rings. The first-order valence-electron chi connectivity index (χ1n) is 9.50. The number of thiophene rings is 1. The molecule has 1 fully saturated rings. The topological polar surface area (TPSA) is 74.3 Å². The molecular weight excluding hydrogens is 360 g/mol. The van der Waals surface area contributed by atoms with Crippen LogP contribution in [0.5, 0.6) is 0 Å². The van der Waals surface area contributed by atoms with Crippen LogP contribution in [-0.4, -0.2) is 41.5 Å². The smallest absolute Gasteiger partial charge is 0.319 e. The lowest BCUT2D eigenvalue weighted by molar-refractivity contribution is 0.0791. The lowest BCUT2D eigenvalue weighted by Gasteiger charge is -2.15. The predicted molar refractivity (Wildman–Crippen MR) is 108 cm³/mol. The van der Waals surface area contributed by atoms with Gasteiger partial charge in [0.1, 0.15) is 0 Å². The minimum Gasteiger partial charge on any atom is -0.338 e. The van der Waals surface area contributed by atoms with E-state index in [4.69, 9.17) is 0 Å². The number of urea groups is 1. The van der Waals surface area contributed by atoms with Gasteiger partial charge in [-0.05, 0) is 48.8 Å². The zero-order chi connectivity index (χ0) is 18.9. The fourth-order valence-electron chi connectivity index (χ4n) is 3.36. The first-order valence-corrected chi connectivity index (χ1v) is 10.4. The molecule has 7 heteroatoms. The summed E-state index contributed by atoms with van der Waals surface area (Å²) in [7, 11) is 0. The van der Waals surface area contributed by atoms with Crippen molar-refractivity contribution < 1.29 is 9.59 Å². The SMILES string of the molecule is O=C(NCCCCC[C@@H]1CCN(C(=O)c2cccs2)C1)Nc1ccncc1. The van der Waals surface area contributed by atoms with Gasteiger partial charge < -0.3 is 15.5 Å². The Labute approximate surface area is 164 Å². The van der Waals surface area contributed by atoms with E-state index < -0.39 is 0 Å². The van der Waals surface area contributed by atoms with E-state index in [2.05, 4.69) is 15.6 Å². The van der Waals surface area contributed by atoms with Crippen molar-refractivity contribution in [3.63, 3.8) is 0 Å². The van der Waals surface area contributed by atoms with E-state index in [9.17, 15) is 9.59 Å². The number of anilines is 1. The summed E-state index contributed by atoms with van der Waals surface area (Å²) < 4.78 is 0. The van der Waals surface area contributed by atoms with Gasteiger partial charge in [0.05, 0.1) is 4.88 Å². The summed E-state index contributed by atoms with van der Waals surface area (Å²) in [6, 6.07) is 7.16. The van der Waals surface area contributed by atoms with Gasteiger partial charge in [-0.25, -0.2) is 4.79 Å². The van der Waals surface area contributed by atoms with Crippen LogP contribution in [0.3, 0.4) is 0 Å². The number of hydrogen-bond acceptors (Lipinski definition) is 4. The Hall–Kier alpha value is -2.41. The Morgan fingerprint density at radius 1 is 1.19 bits per heavy atom. The number of carbonyl (C=O) groups is 2. The van der Waals surface area contributed by atoms with Crippen LogP contribution in [0.1, 0.15) is 41.8 Å². The standard InChI is InChI=1S/C20H26N4O2S/c25-19(18-6-4-14-27-18)24-13-9-16(15-24)5-2-1-3-10-22-20(26)23-17-7-11-21-12-8-17/h4,6-8,11-12,14,16H,1-3,5,9-10,13,15H2,(H2,21,22,23,26)/t16-/m1/s1. The molecule has 1 atom stereocenters. The minimum absolute atomic E-state index is 0.178. The van der Waals surface area contributed by atoms with Gasteiger partial charge in [0, 0.05) is 37.7 Å². The van der Waals surface area contributed by atoms with Crippen LogP contribution in [0.25, 0.3) is 0 Å². The molecule has 0 spiro atoms. The molecule has 2 aromatic heterocycles. The normalized spacial score (nSPS) is 16.3. The Balaban J connectivity index is 1.24. The van der Waals surface area contributed by atoms with Crippen LogP contribution in [0.15, 0.2) is 42.0 Å². The van der Waals surface area contributed by atoms with E-state index in [-0.39, 0.29) is 11.9 Å². The zero-order valence-corrected chi connectivity index (χ0v) is 16.2. The van der Waals surface area contributed by atoms with Crippen molar-refractivity contribution >= 4 is 29.0 Å². The molecule has 0 aliphatic carbocycles. The van der Waals surface area contributed by atoms with Gasteiger partial charge in [-0.1, -0.05) is 18.9 Å². The molecule has 3 heterocycles. The van der Waals surface area contributed by atoms with Crippen LogP contribution in [-0.2, 0) is 0 Å². The third-order valence-corrected chi connectivity index (χ3v) is 5.68. The number of aromatic nitrogens is 1. The number of hydrogen-bond donors (Lipinski definition) is 2. The Morgan fingerprint density at radius 2 is 2.04 bits per heavy atom. The monoisotopic (exact) mass is 386 g/mol. The van der Waals surface area contributed by atoms with Gasteiger partial charge in [0.15, 0.2) is 0 Å². The second kappa shape index (κ2) is 10.1. The van der Waals surface area contributed by atoms with Crippen molar-refractivity contribution in [1.82, 2.24) is 15.2 Å². The maximum absolute atomic E-state index is 12.4. The van der Waals surface area contributed by atoms with E-state index in [1.165, 1.54) is 11.3 Å². The van der Waals surface area contributed by atoms with E-state index in [0.717, 1.165) is 55.8 Å². The third kappa shape index (κ3) is 6.06. The lowest BCUT2D eigenvalue weighted by Crippen LogP contribution is -2.29. The zero-order valence-electron chi connectivity index (χ0n) is 15.4. The number of nitrogens with zero attached hydrogens (tertiary/aromatic N) is 2. The molecule has 1 aliphatic heterocycles. The molecule has 0 aromatic carbocycles. The predicted octanol–water partition coefficient (Wildman–Crippen LogP) is 3.99. The van der Waals surface area contributed by atoms with Gasteiger partial charge in [-0.15, -0.1) is 11.3 Å². The molecule has 0 radical (unpaired) electrons. The molecule has 6 nitrogen and oxygen atoms in total. The molecular formula is C20H26N4O2S. The van der Waals surface area contributed by atoms with Crippen molar-refractivity contribution in [3.05, 3.63) is 46.9 Å². The van der Waals surface area contributed by atoms with E-state index >= 15 is 0 Å². The average molecular weight is 387 g/mol. The number of carbonyl (C=O) groups excluding carboxylic acids is 2. The quantitative estimate of drug-likeness (QED) is 0.674. The average Bonchev–Trinajstić information content (AvgIpc) is 3.37. The number of pyridine rings is 1. The van der Waals surface area contributed by atoms with E-state index in [1.807, 2.05) is 22.4 Å². The van der Waals surface area contributed by atoms with Gasteiger partial charge in [-0.2, -0.15) is 0 Å². The Morgan fingerprint density at radius 3 is 2.81 bits per heavy atom. The van der Waals surface area contributed by atoms with Gasteiger partial charge >= 0.3 is 6.03 Å². The van der Waals surface area contributed by atoms with Crippen molar-refractivity contribution in [2.24, 2.45) is 5.92 Å². The molecule has 0 saturated carbocycles. The highest BCUT2D eigenvalue weighted by Gasteiger charge is 2.26. The maximum Gasteiger partial charge on any atom is 0.319 e. The van der Waals surface area contributed by atoms with E-state index in [0.29, 0.717) is 12.5 Å². The Kier molecular flexibility index (Phi) is 7.21. The molecule has 0 bridgehead atoms. The molecule has 2 aromatic rings. The Bertz CT molecular complexity index is 721. The fraction of sp³-hybridized carbons (Fsp3) is 0.450. The summed E-state index contributed by atoms with van der Waals surface area (Å²) in [6.45, 7) is 2.42. The summed E-state index contributed by atoms with van der Waals surface area (Å²) in [5.41, 5.74) is 0.741. The summed E-state index contributed by atoms with van der Waals surface area (Å²) in [4.78, 5) is 30.9. The van der Waals surface area contributed by atoms with Gasteiger partial charge in [0.2, 0.25) is 0 Å². The van der Waals surface area contributed by atoms with Crippen LogP contribution in [0.4, 0.5) is 10.5 Å². The number of nitrogens with one attached hydrogen (secondary N) is 2. The maximum atomic E-state index is 12.4. The molecule has 144 valence electrons. The summed E-state index contributed by atoms with van der Waals surface area (Å²) in [5.74, 6) is 0.786. The number of rotatable bonds is 8. The number of likely N-dealkylation sites (tertiary alicyclic amines) is 1. The highest BCUT2D eigenvalue weighted by molar-refractivity contribution is 7.12. The molecule has 3 amide bonds. The highest BCUT2D eigenvalue weighted by Crippen LogP contribution is 2.24. The summed E-state index contributed by atoms with van der Waals surface area (Å²) in [6.07, 6.45) is 8.74. The molecule has 1 saturated heterocycles.